The Morgan fingerprint density at radius 2 is 2.00 bits per heavy atom. The number of aliphatic hydroxyl groups excluding tert-OH is 1. The van der Waals surface area contributed by atoms with Gasteiger partial charge < -0.3 is 5.11 Å². The summed E-state index contributed by atoms with van der Waals surface area (Å²) in [5, 5.41) is 8.76. The summed E-state index contributed by atoms with van der Waals surface area (Å²) in [6.45, 7) is 4.59. The largest absolute Gasteiger partial charge is 0.396 e. The zero-order valence-corrected chi connectivity index (χ0v) is 8.42. The molecule has 0 bridgehead atoms. The van der Waals surface area contributed by atoms with Crippen LogP contribution in [0.1, 0.15) is 46.0 Å². The fraction of sp³-hybridized carbons (Fsp3) is 0.818. The summed E-state index contributed by atoms with van der Waals surface area (Å²) in [5.74, 6) is 0.486. The van der Waals surface area contributed by atoms with E-state index in [0.29, 0.717) is 12.5 Å². The van der Waals surface area contributed by atoms with Crippen LogP contribution in [0, 0.1) is 5.92 Å². The van der Waals surface area contributed by atoms with Crippen LogP contribution in [0.2, 0.25) is 0 Å². The van der Waals surface area contributed by atoms with Gasteiger partial charge in [-0.3, -0.25) is 0 Å². The molecule has 0 heterocycles. The molecule has 0 aromatic carbocycles. The first-order valence-electron chi connectivity index (χ1n) is 5.07. The standard InChI is InChI=1S/C11H22O/c1-3-4-5-6-7-8-9-11(2)10-12/h4-5,11-12H,3,6-10H2,1-2H3. The van der Waals surface area contributed by atoms with Gasteiger partial charge in [-0.05, 0) is 31.6 Å². The van der Waals surface area contributed by atoms with Gasteiger partial charge in [0.2, 0.25) is 0 Å². The maximum Gasteiger partial charge on any atom is 0.0456 e. The lowest BCUT2D eigenvalue weighted by Gasteiger charge is -2.05. The minimum atomic E-state index is 0.338. The highest BCUT2D eigenvalue weighted by Crippen LogP contribution is 2.08. The van der Waals surface area contributed by atoms with Crippen LogP contribution >= 0.6 is 0 Å². The van der Waals surface area contributed by atoms with E-state index < -0.39 is 0 Å². The molecule has 1 heteroatoms. The van der Waals surface area contributed by atoms with E-state index >= 15 is 0 Å². The average molecular weight is 170 g/mol. The highest BCUT2D eigenvalue weighted by molar-refractivity contribution is 4.79. The summed E-state index contributed by atoms with van der Waals surface area (Å²) < 4.78 is 0. The Labute approximate surface area is 76.5 Å². The topological polar surface area (TPSA) is 20.2 Å². The summed E-state index contributed by atoms with van der Waals surface area (Å²) in [4.78, 5) is 0. The normalized spacial score (nSPS) is 13.9. The minimum Gasteiger partial charge on any atom is -0.396 e. The third kappa shape index (κ3) is 7.80. The van der Waals surface area contributed by atoms with E-state index in [0.717, 1.165) is 12.8 Å². The van der Waals surface area contributed by atoms with Crippen molar-refractivity contribution in [3.05, 3.63) is 12.2 Å². The number of rotatable bonds is 7. The Bertz CT molecular complexity index is 108. The molecule has 0 spiro atoms. The van der Waals surface area contributed by atoms with E-state index in [2.05, 4.69) is 26.0 Å². The minimum absolute atomic E-state index is 0.338. The Hall–Kier alpha value is -0.300. The van der Waals surface area contributed by atoms with E-state index in [-0.39, 0.29) is 0 Å². The number of unbranched alkanes of at least 4 members (excludes halogenated alkanes) is 2. The van der Waals surface area contributed by atoms with E-state index in [4.69, 9.17) is 5.11 Å². The van der Waals surface area contributed by atoms with Crippen molar-refractivity contribution in [1.82, 2.24) is 0 Å². The van der Waals surface area contributed by atoms with Crippen LogP contribution in [0.5, 0.6) is 0 Å². The molecule has 1 nitrogen and oxygen atoms in total. The fourth-order valence-electron chi connectivity index (χ4n) is 1.13. The second-order valence-corrected chi connectivity index (χ2v) is 3.45. The first kappa shape index (κ1) is 11.7. The van der Waals surface area contributed by atoms with Crippen LogP contribution in [0.3, 0.4) is 0 Å². The van der Waals surface area contributed by atoms with Crippen molar-refractivity contribution in [3.8, 4) is 0 Å². The first-order valence-corrected chi connectivity index (χ1v) is 5.07. The van der Waals surface area contributed by atoms with Crippen molar-refractivity contribution in [2.24, 2.45) is 5.92 Å². The van der Waals surface area contributed by atoms with Crippen molar-refractivity contribution in [2.45, 2.75) is 46.0 Å². The molecule has 0 fully saturated rings. The summed E-state index contributed by atoms with van der Waals surface area (Å²) in [6, 6.07) is 0. The predicted octanol–water partition coefficient (Wildman–Crippen LogP) is 3.14. The van der Waals surface area contributed by atoms with Gasteiger partial charge in [-0.25, -0.2) is 0 Å². The maximum atomic E-state index is 8.76. The number of allylic oxidation sites excluding steroid dienone is 2. The van der Waals surface area contributed by atoms with Crippen LogP contribution < -0.4 is 0 Å². The average Bonchev–Trinajstić information content (AvgIpc) is 2.10. The Balaban J connectivity index is 3.05. The fourth-order valence-corrected chi connectivity index (χ4v) is 1.13. The van der Waals surface area contributed by atoms with Crippen LogP contribution in [0.25, 0.3) is 0 Å². The van der Waals surface area contributed by atoms with Gasteiger partial charge in [0.25, 0.3) is 0 Å². The molecule has 0 aromatic heterocycles. The molecule has 1 N–H and O–H groups in total. The Morgan fingerprint density at radius 3 is 2.58 bits per heavy atom. The van der Waals surface area contributed by atoms with Gasteiger partial charge in [0.15, 0.2) is 0 Å². The molecule has 0 saturated carbocycles. The molecule has 72 valence electrons. The van der Waals surface area contributed by atoms with Crippen molar-refractivity contribution in [3.63, 3.8) is 0 Å². The third-order valence-electron chi connectivity index (χ3n) is 2.03. The number of hydrogen-bond acceptors (Lipinski definition) is 1. The van der Waals surface area contributed by atoms with Gasteiger partial charge in [-0.1, -0.05) is 32.4 Å². The second-order valence-electron chi connectivity index (χ2n) is 3.45. The SMILES string of the molecule is CCC=CCCCCC(C)CO. The van der Waals surface area contributed by atoms with Gasteiger partial charge in [0, 0.05) is 6.61 Å². The molecule has 0 aliphatic heterocycles. The molecule has 1 unspecified atom stereocenters. The molecule has 12 heavy (non-hydrogen) atoms. The zero-order valence-electron chi connectivity index (χ0n) is 8.42. The predicted molar refractivity (Wildman–Crippen MR) is 54.1 cm³/mol. The van der Waals surface area contributed by atoms with Gasteiger partial charge in [-0.2, -0.15) is 0 Å². The van der Waals surface area contributed by atoms with E-state index in [1.165, 1.54) is 19.3 Å². The van der Waals surface area contributed by atoms with Crippen molar-refractivity contribution < 1.29 is 5.11 Å². The van der Waals surface area contributed by atoms with E-state index in [1.807, 2.05) is 0 Å². The summed E-state index contributed by atoms with van der Waals surface area (Å²) >= 11 is 0. The van der Waals surface area contributed by atoms with Crippen molar-refractivity contribution in [2.75, 3.05) is 6.61 Å². The maximum absolute atomic E-state index is 8.76. The van der Waals surface area contributed by atoms with Crippen molar-refractivity contribution in [1.29, 1.82) is 0 Å². The van der Waals surface area contributed by atoms with Gasteiger partial charge in [0.1, 0.15) is 0 Å². The van der Waals surface area contributed by atoms with Gasteiger partial charge >= 0.3 is 0 Å². The highest BCUT2D eigenvalue weighted by Gasteiger charge is 1.97. The van der Waals surface area contributed by atoms with Gasteiger partial charge in [-0.15, -0.1) is 0 Å². The van der Waals surface area contributed by atoms with Crippen LogP contribution in [0.4, 0.5) is 0 Å². The molecule has 1 atom stereocenters. The summed E-state index contributed by atoms with van der Waals surface area (Å²) in [7, 11) is 0. The number of aliphatic hydroxyl groups is 1. The van der Waals surface area contributed by atoms with Crippen LogP contribution in [0.15, 0.2) is 12.2 Å². The smallest absolute Gasteiger partial charge is 0.0456 e. The second kappa shape index (κ2) is 8.79. The molecule has 0 saturated heterocycles. The molecular formula is C11H22O. The molecule has 0 aliphatic carbocycles. The molecule has 0 radical (unpaired) electrons. The molecule has 0 rings (SSSR count). The van der Waals surface area contributed by atoms with E-state index in [9.17, 15) is 0 Å². The number of hydrogen-bond donors (Lipinski definition) is 1. The van der Waals surface area contributed by atoms with Crippen molar-refractivity contribution >= 4 is 0 Å². The molecule has 0 aromatic rings. The zero-order chi connectivity index (χ0) is 9.23. The van der Waals surface area contributed by atoms with Gasteiger partial charge in [0.05, 0.1) is 0 Å². The van der Waals surface area contributed by atoms with Crippen LogP contribution in [-0.2, 0) is 0 Å². The first-order chi connectivity index (χ1) is 5.81. The van der Waals surface area contributed by atoms with Crippen LogP contribution in [-0.4, -0.2) is 11.7 Å². The highest BCUT2D eigenvalue weighted by atomic mass is 16.3. The monoisotopic (exact) mass is 170 g/mol. The molecule has 0 amide bonds. The quantitative estimate of drug-likeness (QED) is 0.459. The summed E-state index contributed by atoms with van der Waals surface area (Å²) in [6.07, 6.45) is 10.5. The third-order valence-corrected chi connectivity index (χ3v) is 2.03. The Morgan fingerprint density at radius 1 is 1.25 bits per heavy atom. The summed E-state index contributed by atoms with van der Waals surface area (Å²) in [5.41, 5.74) is 0. The molecular weight excluding hydrogens is 148 g/mol. The molecule has 0 aliphatic rings. The lowest BCUT2D eigenvalue weighted by atomic mass is 10.0. The lowest BCUT2D eigenvalue weighted by Crippen LogP contribution is -1.99. The Kier molecular flexibility index (Phi) is 8.57. The van der Waals surface area contributed by atoms with E-state index in [1.54, 1.807) is 0 Å². The lowest BCUT2D eigenvalue weighted by molar-refractivity contribution is 0.227.